The van der Waals surface area contributed by atoms with Crippen molar-refractivity contribution in [1.82, 2.24) is 24.7 Å². The van der Waals surface area contributed by atoms with E-state index in [4.69, 9.17) is 9.26 Å². The van der Waals surface area contributed by atoms with Crippen LogP contribution in [0.4, 0.5) is 10.2 Å². The number of rotatable bonds is 5. The number of ether oxygens (including phenoxy) is 1. The van der Waals surface area contributed by atoms with E-state index < -0.39 is 0 Å². The van der Waals surface area contributed by atoms with Crippen molar-refractivity contribution < 1.29 is 13.7 Å². The van der Waals surface area contributed by atoms with Gasteiger partial charge in [0.1, 0.15) is 35.4 Å². The predicted octanol–water partition coefficient (Wildman–Crippen LogP) is 3.36. The fourth-order valence-electron chi connectivity index (χ4n) is 5.72. The van der Waals surface area contributed by atoms with Crippen LogP contribution >= 0.6 is 0 Å². The second kappa shape index (κ2) is 7.21. The van der Waals surface area contributed by atoms with Crippen molar-refractivity contribution in [1.29, 1.82) is 0 Å². The van der Waals surface area contributed by atoms with Gasteiger partial charge in [-0.2, -0.15) is 4.98 Å². The van der Waals surface area contributed by atoms with E-state index in [9.17, 15) is 9.18 Å². The third-order valence-corrected chi connectivity index (χ3v) is 7.43. The summed E-state index contributed by atoms with van der Waals surface area (Å²) in [6.07, 6.45) is 5.38. The summed E-state index contributed by atoms with van der Waals surface area (Å²) in [5, 5.41) is 4.09. The van der Waals surface area contributed by atoms with E-state index >= 15 is 0 Å². The van der Waals surface area contributed by atoms with Gasteiger partial charge >= 0.3 is 5.69 Å². The summed E-state index contributed by atoms with van der Waals surface area (Å²) in [5.41, 5.74) is 2.96. The van der Waals surface area contributed by atoms with Crippen LogP contribution in [0.15, 0.2) is 52.0 Å². The molecule has 3 aromatic heterocycles. The Hall–Kier alpha value is -4.08. The van der Waals surface area contributed by atoms with Crippen molar-refractivity contribution in [2.24, 2.45) is 5.92 Å². The molecule has 0 unspecified atom stereocenters. The quantitative estimate of drug-likeness (QED) is 0.436. The van der Waals surface area contributed by atoms with Crippen molar-refractivity contribution in [3.63, 3.8) is 0 Å². The summed E-state index contributed by atoms with van der Waals surface area (Å²) in [6, 6.07) is 7.98. The van der Waals surface area contributed by atoms with Crippen LogP contribution in [-0.4, -0.2) is 36.8 Å². The Bertz CT molecular complexity index is 1510. The van der Waals surface area contributed by atoms with E-state index in [1.807, 2.05) is 6.07 Å². The van der Waals surface area contributed by atoms with Gasteiger partial charge in [0.25, 0.3) is 0 Å². The fraction of sp³-hybridized carbons (Fsp3) is 0.320. The lowest BCUT2D eigenvalue weighted by Crippen LogP contribution is -2.44. The molecule has 35 heavy (non-hydrogen) atoms. The molecule has 0 radical (unpaired) electrons. The molecule has 9 nitrogen and oxygen atoms in total. The number of nitrogens with zero attached hydrogens (tertiary/aromatic N) is 6. The molecule has 2 saturated heterocycles. The summed E-state index contributed by atoms with van der Waals surface area (Å²) < 4.78 is 26.2. The molecule has 8 rings (SSSR count). The van der Waals surface area contributed by atoms with E-state index in [0.717, 1.165) is 48.8 Å². The second-order valence-corrected chi connectivity index (χ2v) is 9.58. The molecule has 4 aliphatic rings. The fourth-order valence-corrected chi connectivity index (χ4v) is 5.72. The highest BCUT2D eigenvalue weighted by Crippen LogP contribution is 2.56. The van der Waals surface area contributed by atoms with Crippen molar-refractivity contribution in [2.75, 3.05) is 11.4 Å². The maximum absolute atomic E-state index is 13.3. The Balaban J connectivity index is 1.11. The maximum Gasteiger partial charge on any atom is 0.349 e. The van der Waals surface area contributed by atoms with Gasteiger partial charge in [0.05, 0.1) is 35.7 Å². The van der Waals surface area contributed by atoms with Gasteiger partial charge in [-0.25, -0.2) is 19.2 Å². The van der Waals surface area contributed by atoms with E-state index in [-0.39, 0.29) is 23.7 Å². The molecule has 4 aromatic rings. The summed E-state index contributed by atoms with van der Waals surface area (Å²) >= 11 is 0. The zero-order valence-electron chi connectivity index (χ0n) is 18.9. The number of benzene rings is 1. The molecular formula is C25H21FN6O3. The minimum atomic E-state index is -0.320. The lowest BCUT2D eigenvalue weighted by molar-refractivity contribution is 0.229. The number of hydrogen-bond acceptors (Lipinski definition) is 8. The summed E-state index contributed by atoms with van der Waals surface area (Å²) in [4.78, 5) is 28.1. The topological polar surface area (TPSA) is 99.2 Å². The number of hydrogen-bond donors (Lipinski definition) is 0. The van der Waals surface area contributed by atoms with E-state index in [1.165, 1.54) is 18.3 Å². The van der Waals surface area contributed by atoms with Crippen molar-refractivity contribution in [3.05, 3.63) is 70.4 Å². The average molecular weight is 472 g/mol. The SMILES string of the molecule is Cc1onc(-c2ccc(F)cc2)c1COc1cnc(-c2cc3n(c(=O)n2)CC24CC(CN32)C4)cn1. The van der Waals surface area contributed by atoms with Crippen LogP contribution in [0.5, 0.6) is 5.88 Å². The third-order valence-electron chi connectivity index (χ3n) is 7.43. The molecular weight excluding hydrogens is 451 g/mol. The molecule has 3 aliphatic heterocycles. The third kappa shape index (κ3) is 3.09. The molecule has 1 saturated carbocycles. The smallest absolute Gasteiger partial charge is 0.349 e. The first kappa shape index (κ1) is 20.3. The molecule has 10 heteroatoms. The lowest BCUT2D eigenvalue weighted by Gasteiger charge is -2.37. The van der Waals surface area contributed by atoms with Crippen LogP contribution in [-0.2, 0) is 13.2 Å². The highest BCUT2D eigenvalue weighted by atomic mass is 19.1. The molecule has 1 aromatic carbocycles. The lowest BCUT2D eigenvalue weighted by atomic mass is 9.74. The molecule has 176 valence electrons. The molecule has 3 fully saturated rings. The monoisotopic (exact) mass is 472 g/mol. The van der Waals surface area contributed by atoms with Gasteiger partial charge in [-0.3, -0.25) is 4.57 Å². The molecule has 0 amide bonds. The van der Waals surface area contributed by atoms with Gasteiger partial charge in [0.2, 0.25) is 5.88 Å². The minimum Gasteiger partial charge on any atom is -0.471 e. The predicted molar refractivity (Wildman–Crippen MR) is 123 cm³/mol. The Labute approximate surface area is 199 Å². The molecule has 2 bridgehead atoms. The number of aromatic nitrogens is 5. The number of fused-ring (bicyclic) bond motifs is 1. The maximum atomic E-state index is 13.3. The van der Waals surface area contributed by atoms with Crippen LogP contribution in [0, 0.1) is 18.7 Å². The van der Waals surface area contributed by atoms with Crippen molar-refractivity contribution >= 4 is 5.82 Å². The van der Waals surface area contributed by atoms with Crippen LogP contribution in [0.2, 0.25) is 0 Å². The molecule has 0 atom stereocenters. The highest BCUT2D eigenvalue weighted by molar-refractivity contribution is 5.64. The van der Waals surface area contributed by atoms with E-state index in [1.54, 1.807) is 29.8 Å². The number of halogens is 1. The van der Waals surface area contributed by atoms with Gasteiger partial charge in [0.15, 0.2) is 0 Å². The first-order valence-electron chi connectivity index (χ1n) is 11.5. The summed E-state index contributed by atoms with van der Waals surface area (Å²) in [6.45, 7) is 3.68. The average Bonchev–Trinajstić information content (AvgIpc) is 3.56. The Morgan fingerprint density at radius 2 is 2.00 bits per heavy atom. The van der Waals surface area contributed by atoms with Gasteiger partial charge in [-0.15, -0.1) is 0 Å². The summed E-state index contributed by atoms with van der Waals surface area (Å²) in [7, 11) is 0. The van der Waals surface area contributed by atoms with Crippen molar-refractivity contribution in [3.8, 4) is 28.5 Å². The standard InChI is InChI=1S/C25H21FN6O3/c1-14-18(23(30-35-14)16-2-4-17(26)5-3-16)12-34-21-10-27-20(9-28-21)19-6-22-31(24(33)29-19)13-25-7-15(8-25)11-32(22)25/h2-6,9-10,15H,7-8,11-13H2,1H3. The van der Waals surface area contributed by atoms with Crippen molar-refractivity contribution in [2.45, 2.75) is 38.5 Å². The molecule has 1 spiro atoms. The van der Waals surface area contributed by atoms with E-state index in [2.05, 4.69) is 25.0 Å². The van der Waals surface area contributed by atoms with E-state index in [0.29, 0.717) is 28.7 Å². The zero-order chi connectivity index (χ0) is 23.7. The first-order chi connectivity index (χ1) is 17.0. The first-order valence-corrected chi connectivity index (χ1v) is 11.5. The van der Waals surface area contributed by atoms with Crippen LogP contribution in [0.3, 0.4) is 0 Å². The Kier molecular flexibility index (Phi) is 4.18. The minimum absolute atomic E-state index is 0.118. The highest BCUT2D eigenvalue weighted by Gasteiger charge is 2.60. The normalized spacial score (nSPS) is 21.5. The number of aryl methyl sites for hydroxylation is 1. The zero-order valence-corrected chi connectivity index (χ0v) is 18.9. The Morgan fingerprint density at radius 1 is 1.17 bits per heavy atom. The van der Waals surface area contributed by atoms with Crippen LogP contribution < -0.4 is 15.3 Å². The molecule has 0 N–H and O–H groups in total. The van der Waals surface area contributed by atoms with Gasteiger partial charge < -0.3 is 14.2 Å². The van der Waals surface area contributed by atoms with Gasteiger partial charge in [-0.05, 0) is 49.9 Å². The van der Waals surface area contributed by atoms with Crippen LogP contribution in [0.25, 0.3) is 22.6 Å². The van der Waals surface area contributed by atoms with Crippen LogP contribution in [0.1, 0.15) is 24.2 Å². The van der Waals surface area contributed by atoms with Gasteiger partial charge in [-0.1, -0.05) is 5.16 Å². The molecule has 6 heterocycles. The molecule has 1 aliphatic carbocycles. The Morgan fingerprint density at radius 3 is 2.77 bits per heavy atom. The number of anilines is 1. The van der Waals surface area contributed by atoms with Gasteiger partial charge in [0, 0.05) is 18.2 Å². The summed E-state index contributed by atoms with van der Waals surface area (Å²) in [5.74, 6) is 2.27. The largest absolute Gasteiger partial charge is 0.471 e. The second-order valence-electron chi connectivity index (χ2n) is 9.58.